The fourth-order valence-electron chi connectivity index (χ4n) is 4.76. The molecule has 1 N–H and O–H groups in total. The van der Waals surface area contributed by atoms with Crippen LogP contribution in [0.5, 0.6) is 0 Å². The van der Waals surface area contributed by atoms with Crippen molar-refractivity contribution >= 4 is 28.3 Å². The van der Waals surface area contributed by atoms with Gasteiger partial charge in [0.1, 0.15) is 5.69 Å². The monoisotopic (exact) mass is 319 g/mol. The first-order valence-electron chi connectivity index (χ1n) is 8.12. The highest BCUT2D eigenvalue weighted by atomic mass is 32.1. The third-order valence-corrected chi connectivity index (χ3v) is 6.13. The van der Waals surface area contributed by atoms with Gasteiger partial charge in [-0.1, -0.05) is 0 Å². The van der Waals surface area contributed by atoms with Crippen LogP contribution in [0.1, 0.15) is 49.5 Å². The van der Waals surface area contributed by atoms with Gasteiger partial charge in [-0.15, -0.1) is 11.3 Å². The Morgan fingerprint density at radius 2 is 1.86 bits per heavy atom. The van der Waals surface area contributed by atoms with Gasteiger partial charge in [0.25, 0.3) is 5.91 Å². The maximum atomic E-state index is 12.9. The van der Waals surface area contributed by atoms with Crippen LogP contribution >= 0.6 is 11.3 Å². The van der Waals surface area contributed by atoms with Gasteiger partial charge < -0.3 is 10.2 Å². The zero-order valence-corrected chi connectivity index (χ0v) is 13.6. The minimum absolute atomic E-state index is 0.0473. The van der Waals surface area contributed by atoms with E-state index in [0.717, 1.165) is 18.4 Å². The number of aromatic nitrogens is 1. The smallest absolute Gasteiger partial charge is 0.273 e. The molecule has 3 heterocycles. The molecule has 4 fully saturated rings. The summed E-state index contributed by atoms with van der Waals surface area (Å²) < 4.78 is 0. The molecule has 0 radical (unpaired) electrons. The van der Waals surface area contributed by atoms with Crippen LogP contribution in [0.15, 0.2) is 5.38 Å². The quantitative estimate of drug-likeness (QED) is 0.911. The lowest BCUT2D eigenvalue weighted by molar-refractivity contribution is -0.114. The minimum Gasteiger partial charge on any atom is -0.334 e. The number of carbonyl (C=O) groups is 2. The second-order valence-corrected chi connectivity index (χ2v) is 7.97. The zero-order chi connectivity index (χ0) is 15.3. The predicted octanol–water partition coefficient (Wildman–Crippen LogP) is 2.75. The van der Waals surface area contributed by atoms with Crippen LogP contribution < -0.4 is 5.32 Å². The topological polar surface area (TPSA) is 62.3 Å². The average molecular weight is 319 g/mol. The molecule has 0 aromatic carbocycles. The maximum Gasteiger partial charge on any atom is 0.273 e. The molecule has 4 aliphatic rings. The van der Waals surface area contributed by atoms with Gasteiger partial charge in [-0.05, 0) is 49.9 Å². The second kappa shape index (κ2) is 5.33. The first kappa shape index (κ1) is 14.2. The van der Waals surface area contributed by atoms with E-state index < -0.39 is 0 Å². The lowest BCUT2D eigenvalue weighted by Crippen LogP contribution is -2.42. The van der Waals surface area contributed by atoms with Crippen LogP contribution in [0.2, 0.25) is 0 Å². The molecule has 2 saturated carbocycles. The summed E-state index contributed by atoms with van der Waals surface area (Å²) in [6.45, 7) is 2.34. The Bertz CT molecular complexity index is 600. The number of amides is 2. The summed E-state index contributed by atoms with van der Waals surface area (Å²) in [6, 6.07) is 0.398. The Labute approximate surface area is 134 Å². The van der Waals surface area contributed by atoms with Crippen molar-refractivity contribution in [3.05, 3.63) is 11.1 Å². The largest absolute Gasteiger partial charge is 0.334 e. The zero-order valence-electron chi connectivity index (χ0n) is 12.7. The molecule has 22 heavy (non-hydrogen) atoms. The van der Waals surface area contributed by atoms with Crippen molar-refractivity contribution < 1.29 is 9.59 Å². The molecule has 2 aliphatic carbocycles. The molecular weight excluding hydrogens is 298 g/mol. The first-order chi connectivity index (χ1) is 10.6. The van der Waals surface area contributed by atoms with Crippen LogP contribution in [0.3, 0.4) is 0 Å². The number of nitrogens with zero attached hydrogens (tertiary/aromatic N) is 2. The van der Waals surface area contributed by atoms with E-state index in [1.54, 1.807) is 5.38 Å². The van der Waals surface area contributed by atoms with E-state index in [0.29, 0.717) is 22.8 Å². The number of nitrogens with one attached hydrogen (secondary N) is 1. The van der Waals surface area contributed by atoms with E-state index >= 15 is 0 Å². The fraction of sp³-hybridized carbons (Fsp3) is 0.688. The standard InChI is InChI=1S/C16H21N3O2S/c1-9(20)17-16-18-14(8-22-16)15(21)19-7-12-3-10-2-11(4-12)6-13(19)5-10/h8,10-13H,2-7H2,1H3,(H,17,18,20)/t10-,11+,12?,13?. The van der Waals surface area contributed by atoms with Crippen molar-refractivity contribution in [2.75, 3.05) is 11.9 Å². The molecule has 118 valence electrons. The molecule has 2 unspecified atom stereocenters. The van der Waals surface area contributed by atoms with Crippen molar-refractivity contribution in [2.45, 2.75) is 45.1 Å². The van der Waals surface area contributed by atoms with E-state index in [1.165, 1.54) is 50.4 Å². The van der Waals surface area contributed by atoms with Crippen LogP contribution in [-0.4, -0.2) is 34.3 Å². The highest BCUT2D eigenvalue weighted by Crippen LogP contribution is 2.47. The van der Waals surface area contributed by atoms with E-state index in [9.17, 15) is 9.59 Å². The summed E-state index contributed by atoms with van der Waals surface area (Å²) in [7, 11) is 0. The molecule has 2 amide bonds. The molecule has 4 atom stereocenters. The van der Waals surface area contributed by atoms with Gasteiger partial charge in [0.05, 0.1) is 0 Å². The van der Waals surface area contributed by atoms with Crippen molar-refractivity contribution in [1.82, 2.24) is 9.88 Å². The Hall–Kier alpha value is -1.43. The Kier molecular flexibility index (Phi) is 3.44. The van der Waals surface area contributed by atoms with E-state index in [1.807, 2.05) is 0 Å². The normalized spacial score (nSPS) is 32.9. The SMILES string of the molecule is CC(=O)Nc1nc(C(=O)N2CC3C[C@@H]4CC2C[C@H](C3)C4)cs1. The molecule has 6 heteroatoms. The number of hydrogen-bond donors (Lipinski definition) is 1. The Morgan fingerprint density at radius 3 is 2.55 bits per heavy atom. The van der Waals surface area contributed by atoms with Gasteiger partial charge in [0.15, 0.2) is 5.13 Å². The molecule has 4 bridgehead atoms. The number of carbonyl (C=O) groups excluding carboxylic acids is 2. The van der Waals surface area contributed by atoms with Crippen LogP contribution in [0.25, 0.3) is 0 Å². The summed E-state index contributed by atoms with van der Waals surface area (Å²) in [6.07, 6.45) is 6.30. The summed E-state index contributed by atoms with van der Waals surface area (Å²) in [5, 5.41) is 4.93. The van der Waals surface area contributed by atoms with Crippen LogP contribution in [0.4, 0.5) is 5.13 Å². The number of fused-ring (bicyclic) bond motifs is 1. The van der Waals surface area contributed by atoms with Gasteiger partial charge in [-0.2, -0.15) is 0 Å². The lowest BCUT2D eigenvalue weighted by atomic mass is 9.68. The molecule has 1 aromatic heterocycles. The first-order valence-corrected chi connectivity index (χ1v) is 9.00. The highest BCUT2D eigenvalue weighted by Gasteiger charge is 2.44. The Morgan fingerprint density at radius 1 is 1.18 bits per heavy atom. The van der Waals surface area contributed by atoms with Crippen molar-refractivity contribution in [2.24, 2.45) is 17.8 Å². The number of anilines is 1. The third kappa shape index (κ3) is 2.53. The molecule has 2 aliphatic heterocycles. The van der Waals surface area contributed by atoms with Gasteiger partial charge >= 0.3 is 0 Å². The van der Waals surface area contributed by atoms with Crippen LogP contribution in [0, 0.1) is 17.8 Å². The lowest BCUT2D eigenvalue weighted by Gasteiger charge is -2.38. The molecule has 0 spiro atoms. The third-order valence-electron chi connectivity index (χ3n) is 5.37. The minimum atomic E-state index is -0.154. The second-order valence-electron chi connectivity index (χ2n) is 7.11. The number of hydrogen-bond acceptors (Lipinski definition) is 4. The summed E-state index contributed by atoms with van der Waals surface area (Å²) in [5.41, 5.74) is 0.481. The predicted molar refractivity (Wildman–Crippen MR) is 84.8 cm³/mol. The Balaban J connectivity index is 1.55. The molecule has 2 saturated heterocycles. The van der Waals surface area contributed by atoms with Crippen molar-refractivity contribution in [3.63, 3.8) is 0 Å². The van der Waals surface area contributed by atoms with Crippen molar-refractivity contribution in [3.8, 4) is 0 Å². The van der Waals surface area contributed by atoms with Gasteiger partial charge in [0, 0.05) is 24.9 Å². The van der Waals surface area contributed by atoms with Crippen LogP contribution in [-0.2, 0) is 4.79 Å². The van der Waals surface area contributed by atoms with E-state index in [2.05, 4.69) is 15.2 Å². The maximum absolute atomic E-state index is 12.9. The molecule has 5 nitrogen and oxygen atoms in total. The highest BCUT2D eigenvalue weighted by molar-refractivity contribution is 7.14. The van der Waals surface area contributed by atoms with E-state index in [-0.39, 0.29) is 11.8 Å². The summed E-state index contributed by atoms with van der Waals surface area (Å²) >= 11 is 1.32. The number of thiazole rings is 1. The average Bonchev–Trinajstić information content (AvgIpc) is 2.81. The summed E-state index contributed by atoms with van der Waals surface area (Å²) in [5.74, 6) is 2.22. The fourth-order valence-corrected chi connectivity index (χ4v) is 5.49. The van der Waals surface area contributed by atoms with Gasteiger partial charge in [-0.3, -0.25) is 9.59 Å². The number of rotatable bonds is 2. The van der Waals surface area contributed by atoms with Gasteiger partial charge in [0.2, 0.25) is 5.91 Å². The molecule has 1 aromatic rings. The van der Waals surface area contributed by atoms with Crippen molar-refractivity contribution in [1.29, 1.82) is 0 Å². The molecule has 5 rings (SSSR count). The van der Waals surface area contributed by atoms with E-state index in [4.69, 9.17) is 0 Å². The molecular formula is C16H21N3O2S. The summed E-state index contributed by atoms with van der Waals surface area (Å²) in [4.78, 5) is 30.3. The van der Waals surface area contributed by atoms with Gasteiger partial charge in [-0.25, -0.2) is 4.98 Å².